The lowest BCUT2D eigenvalue weighted by atomic mass is 10.2. The van der Waals surface area contributed by atoms with Gasteiger partial charge in [-0.1, -0.05) is 0 Å². The summed E-state index contributed by atoms with van der Waals surface area (Å²) in [6, 6.07) is 1.40. The molecule has 0 atom stereocenters. The first kappa shape index (κ1) is 13.2. The Labute approximate surface area is 99.2 Å². The molecule has 0 fully saturated rings. The van der Waals surface area contributed by atoms with Gasteiger partial charge in [0.05, 0.1) is 19.4 Å². The molecule has 17 heavy (non-hydrogen) atoms. The molecular weight excluding hydrogens is 224 g/mol. The first-order valence-electron chi connectivity index (χ1n) is 5.29. The summed E-state index contributed by atoms with van der Waals surface area (Å²) in [5.41, 5.74) is 0.132. The average molecular weight is 240 g/mol. The minimum absolute atomic E-state index is 0.0987. The van der Waals surface area contributed by atoms with Crippen molar-refractivity contribution in [1.82, 2.24) is 10.2 Å². The van der Waals surface area contributed by atoms with E-state index in [1.165, 1.54) is 12.3 Å². The van der Waals surface area contributed by atoms with E-state index in [9.17, 15) is 9.59 Å². The van der Waals surface area contributed by atoms with Crippen molar-refractivity contribution in [1.29, 1.82) is 0 Å². The summed E-state index contributed by atoms with van der Waals surface area (Å²) in [7, 11) is 1.73. The molecule has 1 rings (SSSR count). The van der Waals surface area contributed by atoms with Gasteiger partial charge in [0.15, 0.2) is 0 Å². The Bertz CT molecular complexity index is 400. The van der Waals surface area contributed by atoms with Crippen LogP contribution in [-0.4, -0.2) is 42.0 Å². The van der Waals surface area contributed by atoms with Crippen LogP contribution in [0.2, 0.25) is 0 Å². The highest BCUT2D eigenvalue weighted by Crippen LogP contribution is 2.12. The molecular formula is C11H16N2O4. The molecule has 6 heteroatoms. The minimum Gasteiger partial charge on any atom is -0.478 e. The highest BCUT2D eigenvalue weighted by Gasteiger charge is 2.15. The molecule has 0 radical (unpaired) electrons. The zero-order chi connectivity index (χ0) is 12.8. The second kappa shape index (κ2) is 6.05. The van der Waals surface area contributed by atoms with Gasteiger partial charge >= 0.3 is 5.97 Å². The van der Waals surface area contributed by atoms with Gasteiger partial charge in [0.1, 0.15) is 11.3 Å². The third kappa shape index (κ3) is 3.92. The monoisotopic (exact) mass is 240 g/mol. The number of likely N-dealkylation sites (N-methyl/N-ethyl adjacent to an activating group) is 2. The molecule has 2 N–H and O–H groups in total. The topological polar surface area (TPSA) is 82.8 Å². The average Bonchev–Trinajstić information content (AvgIpc) is 2.65. The number of nitrogens with one attached hydrogen (secondary N) is 1. The predicted octanol–water partition coefficient (Wildman–Crippen LogP) is 0.546. The highest BCUT2D eigenvalue weighted by atomic mass is 16.4. The van der Waals surface area contributed by atoms with Crippen molar-refractivity contribution in [3.8, 4) is 0 Å². The van der Waals surface area contributed by atoms with E-state index in [0.29, 0.717) is 12.3 Å². The largest absolute Gasteiger partial charge is 0.478 e. The Morgan fingerprint density at radius 2 is 2.24 bits per heavy atom. The van der Waals surface area contributed by atoms with Crippen LogP contribution in [0.3, 0.4) is 0 Å². The Morgan fingerprint density at radius 1 is 1.53 bits per heavy atom. The standard InChI is InChI=1S/C11H16N2O4/c1-3-12-10(14)7-13(2)6-9-8(11(15)16)4-5-17-9/h4-5H,3,6-7H2,1-2H3,(H,12,14)(H,15,16). The summed E-state index contributed by atoms with van der Waals surface area (Å²) in [5, 5.41) is 11.5. The Hall–Kier alpha value is -1.82. The van der Waals surface area contributed by atoms with Crippen LogP contribution in [0.1, 0.15) is 23.0 Å². The molecule has 0 aliphatic carbocycles. The van der Waals surface area contributed by atoms with E-state index < -0.39 is 5.97 Å². The molecule has 0 spiro atoms. The molecule has 94 valence electrons. The summed E-state index contributed by atoms with van der Waals surface area (Å²) in [4.78, 5) is 23.8. The normalized spacial score (nSPS) is 10.5. The van der Waals surface area contributed by atoms with Crippen LogP contribution in [0.4, 0.5) is 0 Å². The van der Waals surface area contributed by atoms with E-state index in [2.05, 4.69) is 5.32 Å². The number of aromatic carboxylic acids is 1. The smallest absolute Gasteiger partial charge is 0.339 e. The molecule has 0 aliphatic rings. The molecule has 1 aromatic rings. The lowest BCUT2D eigenvalue weighted by molar-refractivity contribution is -0.122. The summed E-state index contributed by atoms with van der Waals surface area (Å²) in [6.45, 7) is 2.90. The van der Waals surface area contributed by atoms with Crippen LogP contribution < -0.4 is 5.32 Å². The van der Waals surface area contributed by atoms with Gasteiger partial charge in [-0.05, 0) is 20.0 Å². The van der Waals surface area contributed by atoms with Crippen molar-refractivity contribution < 1.29 is 19.1 Å². The van der Waals surface area contributed by atoms with Crippen LogP contribution >= 0.6 is 0 Å². The number of nitrogens with zero attached hydrogens (tertiary/aromatic N) is 1. The molecule has 0 unspecified atom stereocenters. The van der Waals surface area contributed by atoms with Gasteiger partial charge in [-0.2, -0.15) is 0 Å². The molecule has 6 nitrogen and oxygen atoms in total. The summed E-state index contributed by atoms with van der Waals surface area (Å²) >= 11 is 0. The number of amides is 1. The maximum absolute atomic E-state index is 11.3. The number of carbonyl (C=O) groups excluding carboxylic acids is 1. The van der Waals surface area contributed by atoms with Gasteiger partial charge in [0.2, 0.25) is 5.91 Å². The van der Waals surface area contributed by atoms with Gasteiger partial charge in [0, 0.05) is 6.54 Å². The van der Waals surface area contributed by atoms with Crippen LogP contribution in [0.15, 0.2) is 16.7 Å². The first-order chi connectivity index (χ1) is 8.04. The minimum atomic E-state index is -1.03. The van der Waals surface area contributed by atoms with Crippen LogP contribution in [0.5, 0.6) is 0 Å². The number of furan rings is 1. The summed E-state index contributed by atoms with van der Waals surface area (Å²) in [5.74, 6) is -0.775. The van der Waals surface area contributed by atoms with Gasteiger partial charge < -0.3 is 14.8 Å². The summed E-state index contributed by atoms with van der Waals surface area (Å²) < 4.78 is 5.08. The zero-order valence-corrected chi connectivity index (χ0v) is 9.90. The number of carboxylic acid groups (broad SMARTS) is 1. The zero-order valence-electron chi connectivity index (χ0n) is 9.90. The molecule has 1 aromatic heterocycles. The number of hydrogen-bond acceptors (Lipinski definition) is 4. The Kier molecular flexibility index (Phi) is 4.71. The predicted molar refractivity (Wildman–Crippen MR) is 60.7 cm³/mol. The van der Waals surface area contributed by atoms with Crippen molar-refractivity contribution in [2.24, 2.45) is 0 Å². The fourth-order valence-electron chi connectivity index (χ4n) is 1.45. The van der Waals surface area contributed by atoms with Crippen molar-refractivity contribution in [3.05, 3.63) is 23.7 Å². The highest BCUT2D eigenvalue weighted by molar-refractivity contribution is 5.88. The van der Waals surface area contributed by atoms with E-state index in [0.717, 1.165) is 0 Å². The fraction of sp³-hybridized carbons (Fsp3) is 0.455. The third-order valence-electron chi connectivity index (χ3n) is 2.18. The van der Waals surface area contributed by atoms with E-state index >= 15 is 0 Å². The second-order valence-corrected chi connectivity index (χ2v) is 3.69. The number of carboxylic acids is 1. The lowest BCUT2D eigenvalue weighted by Gasteiger charge is -2.14. The Balaban J connectivity index is 2.56. The third-order valence-corrected chi connectivity index (χ3v) is 2.18. The van der Waals surface area contributed by atoms with Crippen molar-refractivity contribution >= 4 is 11.9 Å². The molecule has 0 saturated carbocycles. The maximum atomic E-state index is 11.3. The van der Waals surface area contributed by atoms with Crippen molar-refractivity contribution in [2.75, 3.05) is 20.1 Å². The molecule has 0 bridgehead atoms. The van der Waals surface area contributed by atoms with E-state index in [1.807, 2.05) is 6.92 Å². The van der Waals surface area contributed by atoms with Gasteiger partial charge in [-0.3, -0.25) is 9.69 Å². The first-order valence-corrected chi connectivity index (χ1v) is 5.29. The molecule has 1 heterocycles. The van der Waals surface area contributed by atoms with Gasteiger partial charge in [-0.25, -0.2) is 4.79 Å². The van der Waals surface area contributed by atoms with Gasteiger partial charge in [-0.15, -0.1) is 0 Å². The Morgan fingerprint density at radius 3 is 2.82 bits per heavy atom. The van der Waals surface area contributed by atoms with Gasteiger partial charge in [0.25, 0.3) is 0 Å². The maximum Gasteiger partial charge on any atom is 0.339 e. The summed E-state index contributed by atoms with van der Waals surface area (Å²) in [6.07, 6.45) is 1.33. The van der Waals surface area contributed by atoms with Crippen molar-refractivity contribution in [3.63, 3.8) is 0 Å². The quantitative estimate of drug-likeness (QED) is 0.758. The molecule has 0 saturated heterocycles. The molecule has 1 amide bonds. The van der Waals surface area contributed by atoms with Crippen molar-refractivity contribution in [2.45, 2.75) is 13.5 Å². The molecule has 0 aromatic carbocycles. The number of rotatable bonds is 6. The van der Waals surface area contributed by atoms with E-state index in [4.69, 9.17) is 9.52 Å². The number of hydrogen-bond donors (Lipinski definition) is 2. The number of carbonyl (C=O) groups is 2. The molecule has 0 aliphatic heterocycles. The van der Waals surface area contributed by atoms with E-state index in [-0.39, 0.29) is 24.6 Å². The second-order valence-electron chi connectivity index (χ2n) is 3.69. The van der Waals surface area contributed by atoms with Crippen LogP contribution in [0.25, 0.3) is 0 Å². The van der Waals surface area contributed by atoms with E-state index in [1.54, 1.807) is 11.9 Å². The fourth-order valence-corrected chi connectivity index (χ4v) is 1.45. The van der Waals surface area contributed by atoms with Crippen LogP contribution in [-0.2, 0) is 11.3 Å². The lowest BCUT2D eigenvalue weighted by Crippen LogP contribution is -2.34. The SMILES string of the molecule is CCNC(=O)CN(C)Cc1occc1C(=O)O. The van der Waals surface area contributed by atoms with Crippen LogP contribution in [0, 0.1) is 0 Å².